The predicted molar refractivity (Wildman–Crippen MR) is 494 cm³/mol. The highest BCUT2D eigenvalue weighted by Gasteiger charge is 2.40. The number of hydrogen-bond donors (Lipinski definition) is 0. The molecule has 1 aliphatic rings. The van der Waals surface area contributed by atoms with Crippen molar-refractivity contribution in [2.45, 2.75) is 18.8 Å². The van der Waals surface area contributed by atoms with Gasteiger partial charge >= 0.3 is 0 Å². The minimum Gasteiger partial charge on any atom is -0.310 e. The molecule has 0 saturated heterocycles. The van der Waals surface area contributed by atoms with E-state index in [4.69, 9.17) is 0 Å². The van der Waals surface area contributed by atoms with Gasteiger partial charge < -0.3 is 18.9 Å². The van der Waals surface area contributed by atoms with Gasteiger partial charge in [0.05, 0.1) is 39.1 Å². The summed E-state index contributed by atoms with van der Waals surface area (Å²) in [7, 11) is 0. The lowest BCUT2D eigenvalue weighted by Gasteiger charge is -2.32. The molecular weight excluding hydrogens is 1410 g/mol. The van der Waals surface area contributed by atoms with Crippen LogP contribution in [0, 0.1) is 0 Å². The van der Waals surface area contributed by atoms with E-state index in [0.717, 1.165) is 79.6 Å². The number of fused-ring (bicyclic) bond motifs is 13. The summed E-state index contributed by atoms with van der Waals surface area (Å²) in [5.41, 5.74) is 33.4. The van der Waals surface area contributed by atoms with Gasteiger partial charge in [0.2, 0.25) is 0 Å². The molecule has 21 aromatic rings. The molecule has 2 heterocycles. The van der Waals surface area contributed by atoms with E-state index >= 15 is 0 Å². The van der Waals surface area contributed by atoms with Crippen LogP contribution >= 0.6 is 0 Å². The molecular formula is C113H78N4. The highest BCUT2D eigenvalue weighted by atomic mass is 15.2. The lowest BCUT2D eigenvalue weighted by atomic mass is 9.75. The zero-order valence-electron chi connectivity index (χ0n) is 64.6. The van der Waals surface area contributed by atoms with Gasteiger partial charge in [-0.05, 0) is 197 Å². The van der Waals surface area contributed by atoms with Gasteiger partial charge in [-0.1, -0.05) is 359 Å². The SMILES string of the molecule is CC1(Cc2ccc(-n3c4cccc(N(c5ccc(-c6ccccc6)cc5)c5ccc(-c6ccc(-c7ccccc7)cc6)cc5)c4c4ccc5ccccc5c43)cc2)c2ccccc2-c2ccc(N(c3ccccc3-c3ccc(-c4ccccc4)cc3)c3cccc4c3c3ccc5ccccc5c3n4-c3ccc(-c4ccccc4)cc3)cc21. The second kappa shape index (κ2) is 28.5. The van der Waals surface area contributed by atoms with Gasteiger partial charge in [-0.25, -0.2) is 0 Å². The monoisotopic (exact) mass is 1490 g/mol. The van der Waals surface area contributed by atoms with Crippen molar-refractivity contribution in [2.24, 2.45) is 0 Å². The summed E-state index contributed by atoms with van der Waals surface area (Å²) in [6.07, 6.45) is 0.764. The van der Waals surface area contributed by atoms with E-state index in [9.17, 15) is 0 Å². The molecule has 117 heavy (non-hydrogen) atoms. The van der Waals surface area contributed by atoms with E-state index in [-0.39, 0.29) is 0 Å². The Balaban J connectivity index is 0.680. The lowest BCUT2D eigenvalue weighted by molar-refractivity contribution is 0.583. The summed E-state index contributed by atoms with van der Waals surface area (Å²) >= 11 is 0. The Morgan fingerprint density at radius 3 is 1.06 bits per heavy atom. The zero-order chi connectivity index (χ0) is 77.5. The molecule has 0 N–H and O–H groups in total. The molecule has 0 spiro atoms. The van der Waals surface area contributed by atoms with Crippen LogP contribution in [0.1, 0.15) is 23.6 Å². The van der Waals surface area contributed by atoms with Gasteiger partial charge in [-0.15, -0.1) is 0 Å². The Hall–Kier alpha value is -15.1. The van der Waals surface area contributed by atoms with Crippen LogP contribution in [0.5, 0.6) is 0 Å². The number of para-hydroxylation sites is 1. The van der Waals surface area contributed by atoms with E-state index in [1.54, 1.807) is 0 Å². The molecule has 0 bridgehead atoms. The molecule has 0 saturated carbocycles. The van der Waals surface area contributed by atoms with Crippen LogP contribution in [-0.2, 0) is 11.8 Å². The van der Waals surface area contributed by atoms with E-state index in [1.165, 1.54) is 132 Å². The molecule has 0 amide bonds. The van der Waals surface area contributed by atoms with E-state index in [2.05, 4.69) is 469 Å². The minimum atomic E-state index is -0.444. The van der Waals surface area contributed by atoms with Crippen LogP contribution in [0.2, 0.25) is 0 Å². The maximum Gasteiger partial charge on any atom is 0.0620 e. The Morgan fingerprint density at radius 1 is 0.231 bits per heavy atom. The van der Waals surface area contributed by atoms with Crippen molar-refractivity contribution in [1.82, 2.24) is 9.13 Å². The molecule has 4 heteroatoms. The molecule has 1 aliphatic carbocycles. The minimum absolute atomic E-state index is 0.444. The number of nitrogens with zero attached hydrogens (tertiary/aromatic N) is 4. The quantitative estimate of drug-likeness (QED) is 0.0959. The average molecular weight is 1490 g/mol. The highest BCUT2D eigenvalue weighted by molar-refractivity contribution is 6.25. The maximum absolute atomic E-state index is 2.57. The third kappa shape index (κ3) is 11.8. The van der Waals surface area contributed by atoms with Crippen LogP contribution in [0.3, 0.4) is 0 Å². The molecule has 0 fully saturated rings. The number of hydrogen-bond acceptors (Lipinski definition) is 2. The lowest BCUT2D eigenvalue weighted by Crippen LogP contribution is -2.24. The third-order valence-corrected chi connectivity index (χ3v) is 24.6. The summed E-state index contributed by atoms with van der Waals surface area (Å²) in [6.45, 7) is 2.49. The fourth-order valence-corrected chi connectivity index (χ4v) is 19.0. The summed E-state index contributed by atoms with van der Waals surface area (Å²) in [5.74, 6) is 0. The Labute approximate surface area is 681 Å². The Bertz CT molecular complexity index is 7340. The first kappa shape index (κ1) is 68.7. The smallest absolute Gasteiger partial charge is 0.0620 e. The highest BCUT2D eigenvalue weighted by Crippen LogP contribution is 2.55. The second-order valence-corrected chi connectivity index (χ2v) is 31.3. The standard InChI is InChI=1S/C113H78N4/c1-113(75-76-44-62-92(63-45-76)116-107-42-22-40-105(109(107)100-71-60-87-32-14-16-35-96(87)111(100)116)114(90-64-54-84(55-65-90)79-28-10-4-11-29-79)91-66-56-86(57-67-91)83-48-46-81(47-49-83)77-24-6-2-7-25-77)102-38-20-18-37-98(102)99-73-70-94(74-103(99)113)115(104-39-21-19-34-95(104)89-52-50-82(51-53-89)78-26-8-3-9-27-78)106-41-23-43-108-110(106)101-72-61-88-33-15-17-36-97(88)112(101)117(108)93-68-58-85(59-69-93)80-30-12-5-13-31-80/h2-74H,75H2,1H3. The fourth-order valence-electron chi connectivity index (χ4n) is 19.0. The van der Waals surface area contributed by atoms with Gasteiger partial charge in [0, 0.05) is 71.7 Å². The number of rotatable bonds is 16. The van der Waals surface area contributed by atoms with Crippen molar-refractivity contribution in [3.63, 3.8) is 0 Å². The van der Waals surface area contributed by atoms with Gasteiger partial charge in [-0.3, -0.25) is 0 Å². The summed E-state index contributed by atoms with van der Waals surface area (Å²) in [6, 6.07) is 164. The Morgan fingerprint density at radius 2 is 0.581 bits per heavy atom. The normalized spacial score (nSPS) is 13.1. The van der Waals surface area contributed by atoms with Crippen LogP contribution in [0.15, 0.2) is 443 Å². The van der Waals surface area contributed by atoms with Gasteiger partial charge in [0.25, 0.3) is 0 Å². The summed E-state index contributed by atoms with van der Waals surface area (Å²) in [5, 5.41) is 9.53. The molecule has 19 aromatic carbocycles. The zero-order valence-corrected chi connectivity index (χ0v) is 64.6. The first-order valence-electron chi connectivity index (χ1n) is 40.6. The van der Waals surface area contributed by atoms with E-state index < -0.39 is 5.41 Å². The first-order valence-corrected chi connectivity index (χ1v) is 40.6. The van der Waals surface area contributed by atoms with Crippen molar-refractivity contribution >= 4 is 99.3 Å². The molecule has 22 rings (SSSR count). The number of benzene rings is 19. The van der Waals surface area contributed by atoms with Gasteiger partial charge in [0.15, 0.2) is 0 Å². The number of anilines is 6. The van der Waals surface area contributed by atoms with Gasteiger partial charge in [0.1, 0.15) is 0 Å². The second-order valence-electron chi connectivity index (χ2n) is 31.3. The molecule has 550 valence electrons. The van der Waals surface area contributed by atoms with Crippen LogP contribution < -0.4 is 9.80 Å². The summed E-state index contributed by atoms with van der Waals surface area (Å²) in [4.78, 5) is 5.03. The van der Waals surface area contributed by atoms with Crippen molar-refractivity contribution in [3.8, 4) is 89.3 Å². The van der Waals surface area contributed by atoms with Crippen molar-refractivity contribution in [1.29, 1.82) is 0 Å². The van der Waals surface area contributed by atoms with Crippen LogP contribution in [-0.4, -0.2) is 9.13 Å². The van der Waals surface area contributed by atoms with Crippen molar-refractivity contribution in [3.05, 3.63) is 460 Å². The third-order valence-electron chi connectivity index (χ3n) is 24.6. The topological polar surface area (TPSA) is 16.3 Å². The van der Waals surface area contributed by atoms with Crippen LogP contribution in [0.4, 0.5) is 34.1 Å². The Kier molecular flexibility index (Phi) is 16.7. The largest absolute Gasteiger partial charge is 0.310 e. The molecule has 0 radical (unpaired) electrons. The average Bonchev–Trinajstić information content (AvgIpc) is 1.57. The summed E-state index contributed by atoms with van der Waals surface area (Å²) < 4.78 is 5.04. The first-order chi connectivity index (χ1) is 57.9. The van der Waals surface area contributed by atoms with Crippen LogP contribution in [0.25, 0.3) is 154 Å². The molecule has 4 nitrogen and oxygen atoms in total. The molecule has 1 unspecified atom stereocenters. The van der Waals surface area contributed by atoms with Crippen molar-refractivity contribution in [2.75, 3.05) is 9.80 Å². The van der Waals surface area contributed by atoms with Gasteiger partial charge in [-0.2, -0.15) is 0 Å². The molecule has 0 aliphatic heterocycles. The fraction of sp³-hybridized carbons (Fsp3) is 0.0265. The van der Waals surface area contributed by atoms with Crippen molar-refractivity contribution < 1.29 is 0 Å². The molecule has 1 atom stereocenters. The molecule has 2 aromatic heterocycles. The van der Waals surface area contributed by atoms with E-state index in [1.807, 2.05) is 0 Å². The van der Waals surface area contributed by atoms with E-state index in [0.29, 0.717) is 0 Å². The predicted octanol–water partition coefficient (Wildman–Crippen LogP) is 30.7. The number of aromatic nitrogens is 2. The maximum atomic E-state index is 2.57.